The van der Waals surface area contributed by atoms with Gasteiger partial charge in [-0.25, -0.2) is 17.9 Å². The summed E-state index contributed by atoms with van der Waals surface area (Å²) < 4.78 is 37.9. The quantitative estimate of drug-likeness (QED) is 0.829. The van der Waals surface area contributed by atoms with Crippen LogP contribution in [0.15, 0.2) is 10.3 Å². The Kier molecular flexibility index (Phi) is 5.03. The summed E-state index contributed by atoms with van der Waals surface area (Å²) in [5.41, 5.74) is 0.535. The highest BCUT2D eigenvalue weighted by Gasteiger charge is 2.31. The van der Waals surface area contributed by atoms with Crippen LogP contribution in [0.1, 0.15) is 35.0 Å². The lowest BCUT2D eigenvalue weighted by atomic mass is 10.1. The summed E-state index contributed by atoms with van der Waals surface area (Å²) in [6.07, 6.45) is 1.64. The summed E-state index contributed by atoms with van der Waals surface area (Å²) in [5.74, 6) is -0.641. The van der Waals surface area contributed by atoms with Crippen molar-refractivity contribution in [1.82, 2.24) is 4.72 Å². The molecule has 0 spiro atoms. The van der Waals surface area contributed by atoms with E-state index in [4.69, 9.17) is 4.74 Å². The van der Waals surface area contributed by atoms with Gasteiger partial charge >= 0.3 is 5.97 Å². The molecule has 0 aliphatic carbocycles. The molecule has 0 saturated carbocycles. The summed E-state index contributed by atoms with van der Waals surface area (Å²) in [5, 5.41) is 1.64. The second-order valence-corrected chi connectivity index (χ2v) is 7.56. The predicted molar refractivity (Wildman–Crippen MR) is 79.2 cm³/mol. The first kappa shape index (κ1) is 16.4. The van der Waals surface area contributed by atoms with Gasteiger partial charge in [0.05, 0.1) is 13.2 Å². The molecule has 0 bridgehead atoms. The number of methoxy groups -OCH3 is 1. The predicted octanol–water partition coefficient (Wildman–Crippen LogP) is 1.69. The Morgan fingerprint density at radius 3 is 2.86 bits per heavy atom. The smallest absolute Gasteiger partial charge is 0.349 e. The van der Waals surface area contributed by atoms with Crippen molar-refractivity contribution in [2.75, 3.05) is 13.7 Å². The molecule has 0 radical (unpaired) electrons. The Morgan fingerprint density at radius 2 is 2.29 bits per heavy atom. The van der Waals surface area contributed by atoms with Crippen LogP contribution in [0, 0.1) is 6.92 Å². The molecule has 0 amide bonds. The second-order valence-electron chi connectivity index (χ2n) is 5.03. The minimum atomic E-state index is -3.79. The molecule has 2 unspecified atom stereocenters. The van der Waals surface area contributed by atoms with Gasteiger partial charge in [-0.05, 0) is 37.6 Å². The Labute approximate surface area is 128 Å². The Bertz CT molecular complexity index is 617. The fourth-order valence-corrected chi connectivity index (χ4v) is 5.35. The highest BCUT2D eigenvalue weighted by molar-refractivity contribution is 7.89. The molecule has 1 saturated heterocycles. The summed E-state index contributed by atoms with van der Waals surface area (Å²) in [7, 11) is -2.56. The molecular formula is C13H19NO5S2. The van der Waals surface area contributed by atoms with Gasteiger partial charge in [0.25, 0.3) is 0 Å². The molecular weight excluding hydrogens is 314 g/mol. The zero-order valence-corrected chi connectivity index (χ0v) is 13.8. The fraction of sp³-hybridized carbons (Fsp3) is 0.615. The normalized spacial score (nSPS) is 20.4. The van der Waals surface area contributed by atoms with E-state index in [1.165, 1.54) is 7.11 Å². The van der Waals surface area contributed by atoms with Gasteiger partial charge in [-0.15, -0.1) is 11.3 Å². The van der Waals surface area contributed by atoms with Gasteiger partial charge in [0, 0.05) is 12.6 Å². The van der Waals surface area contributed by atoms with Gasteiger partial charge in [0.1, 0.15) is 9.77 Å². The third-order valence-corrected chi connectivity index (χ3v) is 6.37. The van der Waals surface area contributed by atoms with Crippen molar-refractivity contribution in [3.05, 3.63) is 15.8 Å². The third kappa shape index (κ3) is 3.45. The number of nitrogens with one attached hydrogen (secondary N) is 1. The maximum atomic E-state index is 12.6. The largest absolute Gasteiger partial charge is 0.465 e. The summed E-state index contributed by atoms with van der Waals surface area (Å²) in [4.78, 5) is 11.8. The number of aryl methyl sites for hydroxylation is 1. The van der Waals surface area contributed by atoms with Crippen LogP contribution in [0.5, 0.6) is 0 Å². The first-order valence-electron chi connectivity index (χ1n) is 6.67. The molecule has 0 aromatic carbocycles. The van der Waals surface area contributed by atoms with Crippen LogP contribution in [0.3, 0.4) is 0 Å². The molecule has 2 heterocycles. The molecule has 1 aliphatic heterocycles. The molecule has 8 heteroatoms. The number of hydrogen-bond acceptors (Lipinski definition) is 6. The average Bonchev–Trinajstić information content (AvgIpc) is 3.06. The summed E-state index contributed by atoms with van der Waals surface area (Å²) in [6.45, 7) is 4.09. The highest BCUT2D eigenvalue weighted by atomic mass is 32.2. The van der Waals surface area contributed by atoms with Crippen molar-refractivity contribution in [2.24, 2.45) is 0 Å². The molecule has 6 nitrogen and oxygen atoms in total. The number of thiophene rings is 1. The van der Waals surface area contributed by atoms with E-state index in [9.17, 15) is 13.2 Å². The lowest BCUT2D eigenvalue weighted by Gasteiger charge is -2.20. The molecule has 1 aliphatic rings. The van der Waals surface area contributed by atoms with Gasteiger partial charge < -0.3 is 9.47 Å². The standard InChI is InChI=1S/C13H19NO5S2/c1-8-7-20-11(13(15)18-3)12(8)21(16,17)14-9(2)10-5-4-6-19-10/h7,9-10,14H,4-6H2,1-3H3. The first-order valence-corrected chi connectivity index (χ1v) is 9.03. The van der Waals surface area contributed by atoms with Gasteiger partial charge in [-0.3, -0.25) is 0 Å². The zero-order valence-electron chi connectivity index (χ0n) is 12.2. The van der Waals surface area contributed by atoms with E-state index >= 15 is 0 Å². The van der Waals surface area contributed by atoms with Crippen molar-refractivity contribution in [3.8, 4) is 0 Å². The van der Waals surface area contributed by atoms with Gasteiger partial charge in [-0.1, -0.05) is 0 Å². The van der Waals surface area contributed by atoms with Crippen LogP contribution in [-0.2, 0) is 19.5 Å². The zero-order chi connectivity index (χ0) is 15.6. The van der Waals surface area contributed by atoms with Crippen LogP contribution < -0.4 is 4.72 Å². The van der Waals surface area contributed by atoms with Crippen LogP contribution >= 0.6 is 11.3 Å². The van der Waals surface area contributed by atoms with Crippen molar-refractivity contribution >= 4 is 27.3 Å². The van der Waals surface area contributed by atoms with E-state index in [1.807, 2.05) is 0 Å². The van der Waals surface area contributed by atoms with Crippen molar-refractivity contribution in [1.29, 1.82) is 0 Å². The Hall–Kier alpha value is -0.960. The lowest BCUT2D eigenvalue weighted by molar-refractivity contribution is 0.0602. The molecule has 2 atom stereocenters. The molecule has 1 aromatic heterocycles. The molecule has 2 rings (SSSR count). The van der Waals surface area contributed by atoms with Crippen LogP contribution in [0.2, 0.25) is 0 Å². The highest BCUT2D eigenvalue weighted by Crippen LogP contribution is 2.28. The SMILES string of the molecule is COC(=O)c1scc(C)c1S(=O)(=O)NC(C)C1CCCO1. The minimum absolute atomic E-state index is 0.00389. The molecule has 1 fully saturated rings. The van der Waals surface area contributed by atoms with Crippen molar-refractivity contribution in [3.63, 3.8) is 0 Å². The fourth-order valence-electron chi connectivity index (χ4n) is 2.38. The van der Waals surface area contributed by atoms with Crippen LogP contribution in [0.4, 0.5) is 0 Å². The van der Waals surface area contributed by atoms with Crippen LogP contribution in [-0.4, -0.2) is 40.2 Å². The first-order chi connectivity index (χ1) is 9.86. The van der Waals surface area contributed by atoms with E-state index in [2.05, 4.69) is 9.46 Å². The van der Waals surface area contributed by atoms with E-state index in [1.54, 1.807) is 19.2 Å². The van der Waals surface area contributed by atoms with Crippen LogP contribution in [0.25, 0.3) is 0 Å². The van der Waals surface area contributed by atoms with E-state index in [0.717, 1.165) is 24.2 Å². The molecule has 1 aromatic rings. The monoisotopic (exact) mass is 333 g/mol. The van der Waals surface area contributed by atoms with Gasteiger partial charge in [-0.2, -0.15) is 0 Å². The number of hydrogen-bond donors (Lipinski definition) is 1. The maximum Gasteiger partial charge on any atom is 0.349 e. The number of ether oxygens (including phenoxy) is 2. The second kappa shape index (κ2) is 6.43. The average molecular weight is 333 g/mol. The number of sulfonamides is 1. The lowest BCUT2D eigenvalue weighted by Crippen LogP contribution is -2.41. The Morgan fingerprint density at radius 1 is 1.57 bits per heavy atom. The molecule has 21 heavy (non-hydrogen) atoms. The summed E-state index contributed by atoms with van der Waals surface area (Å²) >= 11 is 1.07. The van der Waals surface area contributed by atoms with E-state index in [-0.39, 0.29) is 21.9 Å². The molecule has 1 N–H and O–H groups in total. The minimum Gasteiger partial charge on any atom is -0.465 e. The van der Waals surface area contributed by atoms with E-state index < -0.39 is 16.0 Å². The summed E-state index contributed by atoms with van der Waals surface area (Å²) in [6, 6.07) is -0.345. The topological polar surface area (TPSA) is 81.7 Å². The van der Waals surface area contributed by atoms with Gasteiger partial charge in [0.2, 0.25) is 10.0 Å². The molecule has 118 valence electrons. The number of rotatable bonds is 5. The van der Waals surface area contributed by atoms with Crippen molar-refractivity contribution < 1.29 is 22.7 Å². The maximum absolute atomic E-state index is 12.6. The van der Waals surface area contributed by atoms with Crippen molar-refractivity contribution in [2.45, 2.75) is 43.7 Å². The number of carbonyl (C=O) groups is 1. The van der Waals surface area contributed by atoms with Gasteiger partial charge in [0.15, 0.2) is 0 Å². The van der Waals surface area contributed by atoms with E-state index in [0.29, 0.717) is 12.2 Å². The number of carbonyl (C=O) groups excluding carboxylic acids is 1. The Balaban J connectivity index is 2.27. The number of esters is 1. The third-order valence-electron chi connectivity index (χ3n) is 3.42.